The van der Waals surface area contributed by atoms with Crippen LogP contribution in [0.4, 0.5) is 5.82 Å². The molecule has 4 heteroatoms. The monoisotopic (exact) mass is 271 g/mol. The summed E-state index contributed by atoms with van der Waals surface area (Å²) in [6.07, 6.45) is 1.79. The zero-order valence-corrected chi connectivity index (χ0v) is 12.2. The second-order valence-corrected chi connectivity index (χ2v) is 4.87. The number of nitrogens with two attached hydrogens (primary N) is 1. The van der Waals surface area contributed by atoms with E-state index in [4.69, 9.17) is 10.5 Å². The van der Waals surface area contributed by atoms with Gasteiger partial charge in [-0.1, -0.05) is 24.3 Å². The molecule has 0 aliphatic heterocycles. The van der Waals surface area contributed by atoms with Crippen molar-refractivity contribution >= 4 is 5.82 Å². The summed E-state index contributed by atoms with van der Waals surface area (Å²) in [6, 6.07) is 11.9. The van der Waals surface area contributed by atoms with Gasteiger partial charge in [0.2, 0.25) is 0 Å². The Hall–Kier alpha value is -2.07. The van der Waals surface area contributed by atoms with E-state index in [0.29, 0.717) is 0 Å². The van der Waals surface area contributed by atoms with Crippen molar-refractivity contribution in [3.8, 4) is 5.75 Å². The third-order valence-corrected chi connectivity index (χ3v) is 3.27. The second-order valence-electron chi connectivity index (χ2n) is 4.87. The van der Waals surface area contributed by atoms with Crippen molar-refractivity contribution in [2.45, 2.75) is 19.5 Å². The van der Waals surface area contributed by atoms with Gasteiger partial charge in [-0.2, -0.15) is 0 Å². The Kier molecular flexibility index (Phi) is 4.58. The Morgan fingerprint density at radius 2 is 2.00 bits per heavy atom. The van der Waals surface area contributed by atoms with E-state index in [1.54, 1.807) is 13.3 Å². The van der Waals surface area contributed by atoms with Crippen molar-refractivity contribution in [3.05, 3.63) is 53.7 Å². The summed E-state index contributed by atoms with van der Waals surface area (Å²) < 4.78 is 5.39. The van der Waals surface area contributed by atoms with E-state index in [1.165, 1.54) is 0 Å². The van der Waals surface area contributed by atoms with Gasteiger partial charge in [0.15, 0.2) is 0 Å². The lowest BCUT2D eigenvalue weighted by Gasteiger charge is -2.23. The van der Waals surface area contributed by atoms with Crippen LogP contribution >= 0.6 is 0 Å². The summed E-state index contributed by atoms with van der Waals surface area (Å²) in [4.78, 5) is 6.55. The predicted molar refractivity (Wildman–Crippen MR) is 81.9 cm³/mol. The van der Waals surface area contributed by atoms with Crippen LogP contribution < -0.4 is 15.4 Å². The first-order chi connectivity index (χ1) is 9.63. The Morgan fingerprint density at radius 1 is 1.25 bits per heavy atom. The molecule has 0 amide bonds. The number of aromatic nitrogens is 1. The Balaban J connectivity index is 2.26. The Bertz CT molecular complexity index is 569. The molecule has 1 atom stereocenters. The topological polar surface area (TPSA) is 51.4 Å². The van der Waals surface area contributed by atoms with Gasteiger partial charge in [0.05, 0.1) is 7.11 Å². The molecule has 0 saturated heterocycles. The number of pyridine rings is 1. The van der Waals surface area contributed by atoms with Crippen molar-refractivity contribution in [1.29, 1.82) is 0 Å². The van der Waals surface area contributed by atoms with Gasteiger partial charge >= 0.3 is 0 Å². The largest absolute Gasteiger partial charge is 0.496 e. The van der Waals surface area contributed by atoms with Crippen LogP contribution in [0, 0.1) is 0 Å². The van der Waals surface area contributed by atoms with Gasteiger partial charge in [-0.15, -0.1) is 0 Å². The average Bonchev–Trinajstić information content (AvgIpc) is 2.47. The van der Waals surface area contributed by atoms with Crippen LogP contribution in [0.3, 0.4) is 0 Å². The molecule has 1 unspecified atom stereocenters. The fraction of sp³-hybridized carbons (Fsp3) is 0.312. The molecule has 0 bridgehead atoms. The summed E-state index contributed by atoms with van der Waals surface area (Å²) in [5.41, 5.74) is 8.18. The second kappa shape index (κ2) is 6.39. The predicted octanol–water partition coefficient (Wildman–Crippen LogP) is 2.75. The zero-order valence-electron chi connectivity index (χ0n) is 12.2. The van der Waals surface area contributed by atoms with Crippen molar-refractivity contribution in [2.75, 3.05) is 19.1 Å². The smallest absolute Gasteiger partial charge is 0.133 e. The first kappa shape index (κ1) is 14.3. The number of para-hydroxylation sites is 1. The van der Waals surface area contributed by atoms with E-state index in [2.05, 4.69) is 16.0 Å². The molecule has 1 aromatic heterocycles. The third kappa shape index (κ3) is 3.08. The van der Waals surface area contributed by atoms with Crippen molar-refractivity contribution < 1.29 is 4.74 Å². The van der Waals surface area contributed by atoms with Crippen molar-refractivity contribution in [1.82, 2.24) is 4.98 Å². The molecule has 2 aromatic rings. The molecule has 0 fully saturated rings. The number of methoxy groups -OCH3 is 1. The van der Waals surface area contributed by atoms with Gasteiger partial charge in [0.25, 0.3) is 0 Å². The Morgan fingerprint density at radius 3 is 2.70 bits per heavy atom. The highest BCUT2D eigenvalue weighted by molar-refractivity contribution is 5.49. The van der Waals surface area contributed by atoms with Crippen LogP contribution in [0.25, 0.3) is 0 Å². The lowest BCUT2D eigenvalue weighted by Crippen LogP contribution is -2.21. The SMILES string of the molecule is COc1ccccc1CN(C)c1ncccc1C(C)N. The van der Waals surface area contributed by atoms with Crippen LogP contribution in [0.5, 0.6) is 5.75 Å². The molecule has 2 N–H and O–H groups in total. The minimum Gasteiger partial charge on any atom is -0.496 e. The van der Waals surface area contributed by atoms with Crippen LogP contribution in [0.15, 0.2) is 42.6 Å². The summed E-state index contributed by atoms with van der Waals surface area (Å²) in [5, 5.41) is 0. The fourth-order valence-corrected chi connectivity index (χ4v) is 2.25. The minimum absolute atomic E-state index is 0.0428. The molecule has 0 radical (unpaired) electrons. The van der Waals surface area contributed by atoms with Gasteiger partial charge in [-0.05, 0) is 19.1 Å². The number of anilines is 1. The van der Waals surface area contributed by atoms with E-state index in [9.17, 15) is 0 Å². The van der Waals surface area contributed by atoms with E-state index in [-0.39, 0.29) is 6.04 Å². The highest BCUT2D eigenvalue weighted by atomic mass is 16.5. The van der Waals surface area contributed by atoms with E-state index >= 15 is 0 Å². The zero-order chi connectivity index (χ0) is 14.5. The summed E-state index contributed by atoms with van der Waals surface area (Å²) in [6.45, 7) is 2.69. The number of ether oxygens (including phenoxy) is 1. The van der Waals surface area contributed by atoms with Crippen LogP contribution in [-0.2, 0) is 6.54 Å². The quantitative estimate of drug-likeness (QED) is 0.908. The lowest BCUT2D eigenvalue weighted by molar-refractivity contribution is 0.409. The summed E-state index contributed by atoms with van der Waals surface area (Å²) in [7, 11) is 3.70. The van der Waals surface area contributed by atoms with E-state index < -0.39 is 0 Å². The van der Waals surface area contributed by atoms with Gasteiger partial charge in [-0.3, -0.25) is 0 Å². The average molecular weight is 271 g/mol. The molecular weight excluding hydrogens is 250 g/mol. The number of hydrogen-bond acceptors (Lipinski definition) is 4. The molecule has 4 nitrogen and oxygen atoms in total. The minimum atomic E-state index is -0.0428. The molecule has 106 valence electrons. The number of rotatable bonds is 5. The molecule has 0 aliphatic carbocycles. The molecule has 0 aliphatic rings. The normalized spacial score (nSPS) is 12.0. The number of benzene rings is 1. The van der Waals surface area contributed by atoms with Gasteiger partial charge < -0.3 is 15.4 Å². The first-order valence-electron chi connectivity index (χ1n) is 6.67. The molecule has 1 aromatic carbocycles. The maximum Gasteiger partial charge on any atom is 0.133 e. The van der Waals surface area contributed by atoms with Crippen LogP contribution in [0.1, 0.15) is 24.1 Å². The maximum atomic E-state index is 6.01. The molecule has 20 heavy (non-hydrogen) atoms. The molecule has 0 spiro atoms. The highest BCUT2D eigenvalue weighted by Gasteiger charge is 2.13. The fourth-order valence-electron chi connectivity index (χ4n) is 2.25. The van der Waals surface area contributed by atoms with Gasteiger partial charge in [0.1, 0.15) is 11.6 Å². The molecule has 2 rings (SSSR count). The standard InChI is InChI=1S/C16H21N3O/c1-12(17)14-8-6-10-18-16(14)19(2)11-13-7-4-5-9-15(13)20-3/h4-10,12H,11,17H2,1-3H3. The summed E-state index contributed by atoms with van der Waals surface area (Å²) >= 11 is 0. The van der Waals surface area contributed by atoms with Crippen molar-refractivity contribution in [2.24, 2.45) is 5.73 Å². The summed E-state index contributed by atoms with van der Waals surface area (Å²) in [5.74, 6) is 1.80. The third-order valence-electron chi connectivity index (χ3n) is 3.27. The molecular formula is C16H21N3O. The Labute approximate surface area is 120 Å². The van der Waals surface area contributed by atoms with Crippen LogP contribution in [0.2, 0.25) is 0 Å². The highest BCUT2D eigenvalue weighted by Crippen LogP contribution is 2.25. The number of nitrogens with zero attached hydrogens (tertiary/aromatic N) is 2. The maximum absolute atomic E-state index is 6.01. The first-order valence-corrected chi connectivity index (χ1v) is 6.67. The number of hydrogen-bond donors (Lipinski definition) is 1. The van der Waals surface area contributed by atoms with Gasteiger partial charge in [0, 0.05) is 37.0 Å². The van der Waals surface area contributed by atoms with Crippen molar-refractivity contribution in [3.63, 3.8) is 0 Å². The molecule has 1 heterocycles. The molecule has 0 saturated carbocycles. The van der Waals surface area contributed by atoms with Crippen LogP contribution in [-0.4, -0.2) is 19.1 Å². The lowest BCUT2D eigenvalue weighted by atomic mass is 10.1. The van der Waals surface area contributed by atoms with E-state index in [0.717, 1.165) is 29.2 Å². The van der Waals surface area contributed by atoms with Gasteiger partial charge in [-0.25, -0.2) is 4.98 Å². The van der Waals surface area contributed by atoms with E-state index in [1.807, 2.05) is 44.3 Å².